The van der Waals surface area contributed by atoms with E-state index in [0.717, 1.165) is 18.4 Å². The standard InChI is InChI=1S/C19H22N2O4/c1-3-14-11-7-17-19(8-15(20-14)12(11)9-25-17)13-5-4-10(22)6-16(13)21(24-2)18(19)23/h4-6,11-12,15,17,22H,3,7-9H2,1-2H3/t11?,12?,15?,17?,19-/m0/s1. The lowest BCUT2D eigenvalue weighted by Gasteiger charge is -2.38. The Morgan fingerprint density at radius 2 is 2.32 bits per heavy atom. The summed E-state index contributed by atoms with van der Waals surface area (Å²) in [6.07, 6.45) is 2.28. The molecule has 4 aliphatic heterocycles. The van der Waals surface area contributed by atoms with Gasteiger partial charge in [0.2, 0.25) is 0 Å². The number of phenols is 1. The third-order valence-electron chi connectivity index (χ3n) is 6.60. The lowest BCUT2D eigenvalue weighted by molar-refractivity contribution is -0.137. The fraction of sp³-hybridized carbons (Fsp3) is 0.579. The summed E-state index contributed by atoms with van der Waals surface area (Å²) in [6, 6.07) is 5.21. The van der Waals surface area contributed by atoms with Gasteiger partial charge in [0.15, 0.2) is 0 Å². The van der Waals surface area contributed by atoms with E-state index < -0.39 is 5.41 Å². The molecule has 4 unspecified atom stereocenters. The minimum atomic E-state index is -0.768. The molecule has 3 fully saturated rings. The normalized spacial score (nSPS) is 38.2. The van der Waals surface area contributed by atoms with Gasteiger partial charge in [-0.25, -0.2) is 0 Å². The number of benzene rings is 1. The SMILES string of the molecule is CCC1=NC2C[C@@]3(C(=O)N(OC)c4cc(O)ccc43)C3CC1C2CO3. The van der Waals surface area contributed by atoms with Gasteiger partial charge < -0.3 is 9.84 Å². The van der Waals surface area contributed by atoms with Crippen LogP contribution in [0.4, 0.5) is 5.69 Å². The van der Waals surface area contributed by atoms with Gasteiger partial charge in [-0.2, -0.15) is 5.06 Å². The number of hydrogen-bond donors (Lipinski definition) is 1. The van der Waals surface area contributed by atoms with Gasteiger partial charge in [0, 0.05) is 23.6 Å². The van der Waals surface area contributed by atoms with Gasteiger partial charge >= 0.3 is 0 Å². The van der Waals surface area contributed by atoms with E-state index in [1.165, 1.54) is 17.9 Å². The number of nitrogens with zero attached hydrogens (tertiary/aromatic N) is 2. The van der Waals surface area contributed by atoms with Gasteiger partial charge in [0.1, 0.15) is 11.2 Å². The number of rotatable bonds is 2. The van der Waals surface area contributed by atoms with Crippen LogP contribution in [0.1, 0.15) is 31.7 Å². The molecule has 5 atom stereocenters. The molecule has 1 aliphatic carbocycles. The summed E-state index contributed by atoms with van der Waals surface area (Å²) < 4.78 is 6.22. The highest BCUT2D eigenvalue weighted by Gasteiger charge is 2.64. The molecule has 132 valence electrons. The summed E-state index contributed by atoms with van der Waals surface area (Å²) in [5.41, 5.74) is 2.04. The molecule has 1 N–H and O–H groups in total. The van der Waals surface area contributed by atoms with E-state index in [9.17, 15) is 9.90 Å². The van der Waals surface area contributed by atoms with Gasteiger partial charge in [-0.3, -0.25) is 14.6 Å². The van der Waals surface area contributed by atoms with E-state index in [4.69, 9.17) is 14.6 Å². The molecule has 25 heavy (non-hydrogen) atoms. The minimum Gasteiger partial charge on any atom is -0.508 e. The summed E-state index contributed by atoms with van der Waals surface area (Å²) in [7, 11) is 1.49. The number of carbonyl (C=O) groups excluding carboxylic acids is 1. The molecule has 1 aromatic rings. The summed E-state index contributed by atoms with van der Waals surface area (Å²) in [6.45, 7) is 2.83. The zero-order valence-corrected chi connectivity index (χ0v) is 14.4. The van der Waals surface area contributed by atoms with Gasteiger partial charge in [-0.1, -0.05) is 13.0 Å². The van der Waals surface area contributed by atoms with Crippen molar-refractivity contribution in [1.82, 2.24) is 0 Å². The van der Waals surface area contributed by atoms with Crippen LogP contribution >= 0.6 is 0 Å². The molecule has 4 heterocycles. The second kappa shape index (κ2) is 5.05. The Balaban J connectivity index is 1.69. The number of aromatic hydroxyl groups is 1. The van der Waals surface area contributed by atoms with Crippen molar-refractivity contribution in [2.45, 2.75) is 43.7 Å². The summed E-state index contributed by atoms with van der Waals surface area (Å²) in [5.74, 6) is 0.841. The smallest absolute Gasteiger partial charge is 0.264 e. The van der Waals surface area contributed by atoms with E-state index in [1.54, 1.807) is 12.1 Å². The molecular formula is C19H22N2O4. The average molecular weight is 342 g/mol. The largest absolute Gasteiger partial charge is 0.508 e. The van der Waals surface area contributed by atoms with E-state index in [2.05, 4.69) is 6.92 Å². The van der Waals surface area contributed by atoms with Crippen LogP contribution in [-0.2, 0) is 19.8 Å². The number of amides is 1. The number of phenolic OH excluding ortho intramolecular Hbond substituents is 1. The molecule has 2 saturated heterocycles. The van der Waals surface area contributed by atoms with Crippen LogP contribution in [0.15, 0.2) is 23.2 Å². The van der Waals surface area contributed by atoms with E-state index >= 15 is 0 Å². The number of fused-ring (bicyclic) bond motifs is 2. The fourth-order valence-electron chi connectivity index (χ4n) is 5.50. The van der Waals surface area contributed by atoms with Crippen molar-refractivity contribution in [2.75, 3.05) is 18.8 Å². The van der Waals surface area contributed by atoms with E-state index in [1.807, 2.05) is 6.07 Å². The predicted octanol–water partition coefficient (Wildman–Crippen LogP) is 2.20. The quantitative estimate of drug-likeness (QED) is 0.894. The Morgan fingerprint density at radius 1 is 1.48 bits per heavy atom. The molecule has 1 saturated carbocycles. The first-order valence-electron chi connectivity index (χ1n) is 9.00. The Kier molecular flexibility index (Phi) is 3.10. The molecule has 0 radical (unpaired) electrons. The van der Waals surface area contributed by atoms with Crippen molar-refractivity contribution in [3.8, 4) is 5.75 Å². The third-order valence-corrected chi connectivity index (χ3v) is 6.60. The minimum absolute atomic E-state index is 0.0953. The van der Waals surface area contributed by atoms with Crippen molar-refractivity contribution in [3.63, 3.8) is 0 Å². The number of hydroxylamine groups is 1. The maximum atomic E-state index is 13.4. The van der Waals surface area contributed by atoms with Crippen LogP contribution < -0.4 is 5.06 Å². The van der Waals surface area contributed by atoms with Crippen LogP contribution in [-0.4, -0.2) is 42.6 Å². The fourth-order valence-corrected chi connectivity index (χ4v) is 5.50. The Morgan fingerprint density at radius 3 is 3.08 bits per heavy atom. The lowest BCUT2D eigenvalue weighted by Crippen LogP contribution is -2.51. The van der Waals surface area contributed by atoms with Crippen molar-refractivity contribution in [3.05, 3.63) is 23.8 Å². The summed E-state index contributed by atoms with van der Waals surface area (Å²) in [5, 5.41) is 11.2. The number of ether oxygens (including phenoxy) is 1. The highest BCUT2D eigenvalue weighted by molar-refractivity contribution is 6.08. The van der Waals surface area contributed by atoms with E-state index in [0.29, 0.717) is 30.6 Å². The maximum Gasteiger partial charge on any atom is 0.264 e. The number of anilines is 1. The molecule has 6 rings (SSSR count). The van der Waals surface area contributed by atoms with E-state index in [-0.39, 0.29) is 23.8 Å². The van der Waals surface area contributed by atoms with Crippen LogP contribution in [0, 0.1) is 11.8 Å². The Bertz CT molecular complexity index is 792. The van der Waals surface area contributed by atoms with Gasteiger partial charge in [-0.05, 0) is 30.9 Å². The molecule has 1 amide bonds. The van der Waals surface area contributed by atoms with Gasteiger partial charge in [0.25, 0.3) is 5.91 Å². The first kappa shape index (κ1) is 15.3. The van der Waals surface area contributed by atoms with Crippen LogP contribution in [0.5, 0.6) is 5.75 Å². The molecule has 5 aliphatic rings. The van der Waals surface area contributed by atoms with Crippen LogP contribution in [0.3, 0.4) is 0 Å². The van der Waals surface area contributed by atoms with Crippen molar-refractivity contribution in [2.24, 2.45) is 16.8 Å². The topological polar surface area (TPSA) is 71.4 Å². The summed E-state index contributed by atoms with van der Waals surface area (Å²) >= 11 is 0. The highest BCUT2D eigenvalue weighted by Crippen LogP contribution is 2.57. The molecule has 1 aromatic carbocycles. The van der Waals surface area contributed by atoms with Gasteiger partial charge in [0.05, 0.1) is 31.5 Å². The molecule has 1 spiro atoms. The highest BCUT2D eigenvalue weighted by atomic mass is 16.7. The zero-order valence-electron chi connectivity index (χ0n) is 14.4. The first-order chi connectivity index (χ1) is 12.1. The lowest BCUT2D eigenvalue weighted by atomic mass is 9.71. The second-order valence-corrected chi connectivity index (χ2v) is 7.53. The second-order valence-electron chi connectivity index (χ2n) is 7.53. The monoisotopic (exact) mass is 342 g/mol. The first-order valence-corrected chi connectivity index (χ1v) is 9.00. The molecule has 4 bridgehead atoms. The number of carbonyl (C=O) groups is 1. The number of hydrogen-bond acceptors (Lipinski definition) is 5. The third kappa shape index (κ3) is 1.76. The maximum absolute atomic E-state index is 13.4. The predicted molar refractivity (Wildman–Crippen MR) is 91.7 cm³/mol. The molecule has 6 heteroatoms. The molecular weight excluding hydrogens is 320 g/mol. The molecule has 6 nitrogen and oxygen atoms in total. The van der Waals surface area contributed by atoms with Gasteiger partial charge in [-0.15, -0.1) is 0 Å². The van der Waals surface area contributed by atoms with Crippen LogP contribution in [0.2, 0.25) is 0 Å². The summed E-state index contributed by atoms with van der Waals surface area (Å²) in [4.78, 5) is 23.8. The molecule has 0 aromatic heterocycles. The Hall–Kier alpha value is -1.92. The Labute approximate surface area is 146 Å². The van der Waals surface area contributed by atoms with Crippen LogP contribution in [0.25, 0.3) is 0 Å². The van der Waals surface area contributed by atoms with Crippen molar-refractivity contribution >= 4 is 17.3 Å². The number of aliphatic imine (C=N–C) groups is 1. The van der Waals surface area contributed by atoms with Crippen molar-refractivity contribution < 1.29 is 19.5 Å². The van der Waals surface area contributed by atoms with Crippen molar-refractivity contribution in [1.29, 1.82) is 0 Å². The average Bonchev–Trinajstić information content (AvgIpc) is 2.95. The zero-order chi connectivity index (χ0) is 17.3.